The normalized spacial score (nSPS) is 11.8. The van der Waals surface area contributed by atoms with Crippen molar-refractivity contribution >= 4 is 0 Å². The van der Waals surface area contributed by atoms with E-state index in [4.69, 9.17) is 0 Å². The fourth-order valence-corrected chi connectivity index (χ4v) is 2.33. The van der Waals surface area contributed by atoms with Crippen LogP contribution < -0.4 is 0 Å². The Morgan fingerprint density at radius 3 is 2.50 bits per heavy atom. The molecule has 0 amide bonds. The highest BCUT2D eigenvalue weighted by atomic mass is 19.1. The van der Waals surface area contributed by atoms with Crippen molar-refractivity contribution in [1.82, 2.24) is 0 Å². The summed E-state index contributed by atoms with van der Waals surface area (Å²) in [5.74, 6) is -0.117. The summed E-state index contributed by atoms with van der Waals surface area (Å²) < 4.78 is 13.1. The zero-order valence-corrected chi connectivity index (χ0v) is 12.1. The van der Waals surface area contributed by atoms with E-state index in [9.17, 15) is 4.39 Å². The fourth-order valence-electron chi connectivity index (χ4n) is 2.33. The lowest BCUT2D eigenvalue weighted by Crippen LogP contribution is -2.12. The SMILES string of the molecule is CCCCCCC(C)(C)CCc1cccc(F)c1. The third-order valence-electron chi connectivity index (χ3n) is 3.69. The van der Waals surface area contributed by atoms with E-state index in [0.29, 0.717) is 5.41 Å². The maximum Gasteiger partial charge on any atom is 0.123 e. The van der Waals surface area contributed by atoms with Gasteiger partial charge in [-0.05, 0) is 42.4 Å². The summed E-state index contributed by atoms with van der Waals surface area (Å²) in [6, 6.07) is 7.00. The number of halogens is 1. The summed E-state index contributed by atoms with van der Waals surface area (Å²) in [6.07, 6.45) is 8.72. The second-order valence-corrected chi connectivity index (χ2v) is 6.10. The van der Waals surface area contributed by atoms with Crippen molar-refractivity contribution in [1.29, 1.82) is 0 Å². The van der Waals surface area contributed by atoms with Gasteiger partial charge in [0.25, 0.3) is 0 Å². The largest absolute Gasteiger partial charge is 0.207 e. The zero-order valence-electron chi connectivity index (χ0n) is 12.1. The summed E-state index contributed by atoms with van der Waals surface area (Å²) in [5.41, 5.74) is 1.50. The molecule has 0 unspecified atom stereocenters. The molecule has 0 aliphatic heterocycles. The molecule has 0 spiro atoms. The molecule has 1 aromatic rings. The van der Waals surface area contributed by atoms with E-state index in [1.54, 1.807) is 12.1 Å². The van der Waals surface area contributed by atoms with Gasteiger partial charge < -0.3 is 0 Å². The van der Waals surface area contributed by atoms with Crippen molar-refractivity contribution in [2.75, 3.05) is 0 Å². The summed E-state index contributed by atoms with van der Waals surface area (Å²) in [6.45, 7) is 6.91. The Bertz CT molecular complexity index is 341. The Balaban J connectivity index is 2.32. The summed E-state index contributed by atoms with van der Waals surface area (Å²) in [4.78, 5) is 0. The highest BCUT2D eigenvalue weighted by Crippen LogP contribution is 2.29. The molecule has 0 aliphatic carbocycles. The minimum atomic E-state index is -0.117. The first-order chi connectivity index (χ1) is 8.53. The van der Waals surface area contributed by atoms with Crippen molar-refractivity contribution in [3.8, 4) is 0 Å². The molecule has 0 nitrogen and oxygen atoms in total. The van der Waals surface area contributed by atoms with Crippen LogP contribution in [0.1, 0.15) is 64.9 Å². The summed E-state index contributed by atoms with van der Waals surface area (Å²) in [7, 11) is 0. The van der Waals surface area contributed by atoms with Crippen LogP contribution in [0, 0.1) is 11.2 Å². The van der Waals surface area contributed by atoms with Crippen LogP contribution in [0.5, 0.6) is 0 Å². The number of hydrogen-bond donors (Lipinski definition) is 0. The molecule has 0 aromatic heterocycles. The van der Waals surface area contributed by atoms with Gasteiger partial charge in [0.2, 0.25) is 0 Å². The van der Waals surface area contributed by atoms with E-state index in [0.717, 1.165) is 18.4 Å². The van der Waals surface area contributed by atoms with E-state index in [2.05, 4.69) is 20.8 Å². The van der Waals surface area contributed by atoms with Gasteiger partial charge in [-0.15, -0.1) is 0 Å². The van der Waals surface area contributed by atoms with E-state index < -0.39 is 0 Å². The summed E-state index contributed by atoms with van der Waals surface area (Å²) >= 11 is 0. The second-order valence-electron chi connectivity index (χ2n) is 6.10. The predicted molar refractivity (Wildman–Crippen MR) is 77.3 cm³/mol. The van der Waals surface area contributed by atoms with Gasteiger partial charge in [0, 0.05) is 0 Å². The summed E-state index contributed by atoms with van der Waals surface area (Å²) in [5, 5.41) is 0. The molecule has 1 heteroatoms. The van der Waals surface area contributed by atoms with Gasteiger partial charge in [-0.3, -0.25) is 0 Å². The smallest absolute Gasteiger partial charge is 0.123 e. The highest BCUT2D eigenvalue weighted by Gasteiger charge is 2.17. The highest BCUT2D eigenvalue weighted by molar-refractivity contribution is 5.16. The van der Waals surface area contributed by atoms with Crippen molar-refractivity contribution in [2.24, 2.45) is 5.41 Å². The zero-order chi connectivity index (χ0) is 13.4. The van der Waals surface area contributed by atoms with Crippen LogP contribution in [0.2, 0.25) is 0 Å². The molecule has 102 valence electrons. The standard InChI is InChI=1S/C17H27F/c1-4-5-6-7-12-17(2,3)13-11-15-9-8-10-16(18)14-15/h8-10,14H,4-7,11-13H2,1-3H3. The molecule has 0 N–H and O–H groups in total. The molecule has 0 fully saturated rings. The van der Waals surface area contributed by atoms with Crippen LogP contribution in [0.15, 0.2) is 24.3 Å². The molecule has 0 radical (unpaired) electrons. The van der Waals surface area contributed by atoms with Gasteiger partial charge in [0.05, 0.1) is 0 Å². The lowest BCUT2D eigenvalue weighted by molar-refractivity contribution is 0.294. The molecule has 0 bridgehead atoms. The maximum absolute atomic E-state index is 13.1. The van der Waals surface area contributed by atoms with E-state index >= 15 is 0 Å². The van der Waals surface area contributed by atoms with Crippen LogP contribution in [0.4, 0.5) is 4.39 Å². The van der Waals surface area contributed by atoms with Crippen molar-refractivity contribution < 1.29 is 4.39 Å². The van der Waals surface area contributed by atoms with Crippen LogP contribution in [-0.4, -0.2) is 0 Å². The quantitative estimate of drug-likeness (QED) is 0.515. The maximum atomic E-state index is 13.1. The number of rotatable bonds is 8. The van der Waals surface area contributed by atoms with E-state index in [-0.39, 0.29) is 5.82 Å². The number of aryl methyl sites for hydroxylation is 1. The van der Waals surface area contributed by atoms with Gasteiger partial charge in [-0.1, -0.05) is 58.6 Å². The Morgan fingerprint density at radius 2 is 1.83 bits per heavy atom. The number of benzene rings is 1. The molecular formula is C17H27F. The van der Waals surface area contributed by atoms with Crippen LogP contribution in [0.3, 0.4) is 0 Å². The molecule has 18 heavy (non-hydrogen) atoms. The third-order valence-corrected chi connectivity index (χ3v) is 3.69. The average Bonchev–Trinajstić information content (AvgIpc) is 2.33. The Hall–Kier alpha value is -0.850. The first-order valence-corrected chi connectivity index (χ1v) is 7.28. The van der Waals surface area contributed by atoms with Crippen LogP contribution >= 0.6 is 0 Å². The van der Waals surface area contributed by atoms with Crippen LogP contribution in [0.25, 0.3) is 0 Å². The van der Waals surface area contributed by atoms with Crippen molar-refractivity contribution in [3.63, 3.8) is 0 Å². The van der Waals surface area contributed by atoms with Gasteiger partial charge in [0.15, 0.2) is 0 Å². The topological polar surface area (TPSA) is 0 Å². The van der Waals surface area contributed by atoms with Crippen LogP contribution in [-0.2, 0) is 6.42 Å². The Kier molecular flexibility index (Phi) is 6.38. The van der Waals surface area contributed by atoms with E-state index in [1.165, 1.54) is 38.2 Å². The minimum Gasteiger partial charge on any atom is -0.207 e. The molecule has 0 saturated carbocycles. The molecule has 0 heterocycles. The predicted octanol–water partition coefficient (Wildman–Crippen LogP) is 5.75. The molecule has 1 rings (SSSR count). The second kappa shape index (κ2) is 7.56. The molecule has 0 saturated heterocycles. The van der Waals surface area contributed by atoms with Crippen molar-refractivity contribution in [2.45, 2.75) is 65.7 Å². The average molecular weight is 250 g/mol. The first kappa shape index (κ1) is 15.2. The molecule has 0 aliphatic rings. The van der Waals surface area contributed by atoms with Gasteiger partial charge in [-0.25, -0.2) is 4.39 Å². The molecule has 0 atom stereocenters. The Morgan fingerprint density at radius 1 is 1.06 bits per heavy atom. The first-order valence-electron chi connectivity index (χ1n) is 7.28. The molecular weight excluding hydrogens is 223 g/mol. The monoisotopic (exact) mass is 250 g/mol. The van der Waals surface area contributed by atoms with Gasteiger partial charge >= 0.3 is 0 Å². The van der Waals surface area contributed by atoms with Gasteiger partial charge in [0.1, 0.15) is 5.82 Å². The Labute approximate surface area is 112 Å². The lowest BCUT2D eigenvalue weighted by Gasteiger charge is -2.24. The number of hydrogen-bond acceptors (Lipinski definition) is 0. The molecule has 1 aromatic carbocycles. The lowest BCUT2D eigenvalue weighted by atomic mass is 9.81. The fraction of sp³-hybridized carbons (Fsp3) is 0.647. The van der Waals surface area contributed by atoms with Crippen molar-refractivity contribution in [3.05, 3.63) is 35.6 Å². The minimum absolute atomic E-state index is 0.117. The third kappa shape index (κ3) is 6.18. The van der Waals surface area contributed by atoms with Gasteiger partial charge in [-0.2, -0.15) is 0 Å². The number of unbranched alkanes of at least 4 members (excludes halogenated alkanes) is 3. The van der Waals surface area contributed by atoms with E-state index in [1.807, 2.05) is 6.07 Å².